The maximum Gasteiger partial charge on any atom is 0.274 e. The number of piperidine rings is 1. The maximum absolute atomic E-state index is 13.3. The number of ether oxygens (including phenoxy) is 2. The molecule has 2 aromatic carbocycles. The molecule has 0 unspecified atom stereocenters. The van der Waals surface area contributed by atoms with Gasteiger partial charge in [-0.2, -0.15) is 0 Å². The summed E-state index contributed by atoms with van der Waals surface area (Å²) < 4.78 is 25.5. The molecular formula is C20H17Cl2FN2O3S. The Labute approximate surface area is 180 Å². The van der Waals surface area contributed by atoms with Gasteiger partial charge in [0, 0.05) is 31.0 Å². The molecule has 0 saturated carbocycles. The lowest BCUT2D eigenvalue weighted by Crippen LogP contribution is -2.43. The van der Waals surface area contributed by atoms with Gasteiger partial charge in [-0.05, 0) is 36.4 Å². The van der Waals surface area contributed by atoms with Crippen molar-refractivity contribution in [2.75, 3.05) is 19.7 Å². The fraction of sp³-hybridized carbons (Fsp3) is 0.300. The zero-order valence-corrected chi connectivity index (χ0v) is 17.6. The van der Waals surface area contributed by atoms with E-state index in [1.807, 2.05) is 0 Å². The van der Waals surface area contributed by atoms with Crippen LogP contribution in [0.1, 0.15) is 12.8 Å². The number of aromatic nitrogens is 1. The first kappa shape index (κ1) is 20.2. The van der Waals surface area contributed by atoms with E-state index in [1.165, 1.54) is 23.5 Å². The molecule has 0 aliphatic carbocycles. The van der Waals surface area contributed by atoms with E-state index in [0.29, 0.717) is 46.9 Å². The van der Waals surface area contributed by atoms with E-state index in [1.54, 1.807) is 29.2 Å². The van der Waals surface area contributed by atoms with Gasteiger partial charge in [-0.1, -0.05) is 34.5 Å². The van der Waals surface area contributed by atoms with Gasteiger partial charge in [-0.25, -0.2) is 9.37 Å². The lowest BCUT2D eigenvalue weighted by Gasteiger charge is -2.31. The average Bonchev–Trinajstić information content (AvgIpc) is 3.09. The highest BCUT2D eigenvalue weighted by Crippen LogP contribution is 2.30. The number of amides is 1. The van der Waals surface area contributed by atoms with Gasteiger partial charge in [0.1, 0.15) is 17.7 Å². The van der Waals surface area contributed by atoms with Crippen molar-refractivity contribution in [2.24, 2.45) is 0 Å². The third-order valence-electron chi connectivity index (χ3n) is 4.64. The zero-order chi connectivity index (χ0) is 20.4. The maximum atomic E-state index is 13.3. The van der Waals surface area contributed by atoms with Gasteiger partial charge in [0.05, 0.1) is 15.2 Å². The Morgan fingerprint density at radius 3 is 2.76 bits per heavy atom. The first-order valence-corrected chi connectivity index (χ1v) is 10.6. The van der Waals surface area contributed by atoms with Crippen LogP contribution in [0.3, 0.4) is 0 Å². The molecular weight excluding hydrogens is 438 g/mol. The second-order valence-corrected chi connectivity index (χ2v) is 8.49. The van der Waals surface area contributed by atoms with Crippen LogP contribution in [0.4, 0.5) is 4.39 Å². The van der Waals surface area contributed by atoms with E-state index in [9.17, 15) is 9.18 Å². The molecule has 0 N–H and O–H groups in total. The molecule has 1 aromatic heterocycles. The monoisotopic (exact) mass is 454 g/mol. The number of thiazole rings is 1. The Kier molecular flexibility index (Phi) is 6.08. The number of fused-ring (bicyclic) bond motifs is 1. The summed E-state index contributed by atoms with van der Waals surface area (Å²) in [6, 6.07) is 9.35. The molecule has 29 heavy (non-hydrogen) atoms. The predicted octanol–water partition coefficient (Wildman–Crippen LogP) is 5.19. The molecule has 3 aromatic rings. The summed E-state index contributed by atoms with van der Waals surface area (Å²) in [4.78, 5) is 18.5. The summed E-state index contributed by atoms with van der Waals surface area (Å²) in [5.74, 6) is 0.0291. The van der Waals surface area contributed by atoms with E-state index in [0.717, 1.165) is 10.2 Å². The van der Waals surface area contributed by atoms with Gasteiger partial charge < -0.3 is 14.4 Å². The van der Waals surface area contributed by atoms with Crippen molar-refractivity contribution < 1.29 is 18.7 Å². The van der Waals surface area contributed by atoms with E-state index in [-0.39, 0.29) is 24.4 Å². The number of likely N-dealkylation sites (tertiary alicyclic amines) is 1. The summed E-state index contributed by atoms with van der Waals surface area (Å²) in [5, 5.41) is 1.40. The van der Waals surface area contributed by atoms with Gasteiger partial charge in [0.15, 0.2) is 6.61 Å². The van der Waals surface area contributed by atoms with Crippen molar-refractivity contribution in [1.82, 2.24) is 9.88 Å². The van der Waals surface area contributed by atoms with Crippen LogP contribution in [-0.4, -0.2) is 41.6 Å². The molecule has 2 heterocycles. The topological polar surface area (TPSA) is 51.7 Å². The van der Waals surface area contributed by atoms with Crippen LogP contribution in [0.2, 0.25) is 10.0 Å². The molecule has 0 bridgehead atoms. The van der Waals surface area contributed by atoms with Crippen molar-refractivity contribution in [3.63, 3.8) is 0 Å². The smallest absolute Gasteiger partial charge is 0.274 e. The first-order valence-electron chi connectivity index (χ1n) is 9.06. The van der Waals surface area contributed by atoms with E-state index >= 15 is 0 Å². The van der Waals surface area contributed by atoms with Crippen LogP contribution < -0.4 is 9.47 Å². The fourth-order valence-electron chi connectivity index (χ4n) is 3.12. The number of hydrogen-bond acceptors (Lipinski definition) is 5. The molecule has 9 heteroatoms. The van der Waals surface area contributed by atoms with Gasteiger partial charge in [0.25, 0.3) is 11.1 Å². The second kappa shape index (κ2) is 8.73. The summed E-state index contributed by atoms with van der Waals surface area (Å²) in [5.41, 5.74) is 0.719. The fourth-order valence-corrected chi connectivity index (χ4v) is 4.49. The first-order chi connectivity index (χ1) is 14.0. The number of benzene rings is 2. The van der Waals surface area contributed by atoms with Gasteiger partial charge in [0.2, 0.25) is 0 Å². The average molecular weight is 455 g/mol. The Hall–Kier alpha value is -2.09. The van der Waals surface area contributed by atoms with Crippen LogP contribution in [0.15, 0.2) is 36.4 Å². The highest BCUT2D eigenvalue weighted by molar-refractivity contribution is 7.20. The second-order valence-electron chi connectivity index (χ2n) is 6.65. The van der Waals surface area contributed by atoms with E-state index < -0.39 is 0 Å². The number of carbonyl (C=O) groups is 1. The zero-order valence-electron chi connectivity index (χ0n) is 15.2. The standard InChI is InChI=1S/C20H17Cl2FN2O3S/c21-12-1-4-17(15(22)9-12)27-11-19(26)25-7-5-14(6-8-25)28-20-24-16-3-2-13(23)10-18(16)29-20/h1-4,9-10,14H,5-8,11H2. The highest BCUT2D eigenvalue weighted by atomic mass is 35.5. The molecule has 1 saturated heterocycles. The number of rotatable bonds is 5. The third kappa shape index (κ3) is 4.91. The summed E-state index contributed by atoms with van der Waals surface area (Å²) in [6.45, 7) is 1.05. The largest absolute Gasteiger partial charge is 0.482 e. The van der Waals surface area contributed by atoms with Crippen LogP contribution in [-0.2, 0) is 4.79 Å². The highest BCUT2D eigenvalue weighted by Gasteiger charge is 2.25. The Morgan fingerprint density at radius 2 is 2.00 bits per heavy atom. The summed E-state index contributed by atoms with van der Waals surface area (Å²) in [7, 11) is 0. The Balaban J connectivity index is 1.27. The van der Waals surface area contributed by atoms with Crippen molar-refractivity contribution in [3.8, 4) is 10.9 Å². The lowest BCUT2D eigenvalue weighted by atomic mass is 10.1. The van der Waals surface area contributed by atoms with Crippen LogP contribution in [0, 0.1) is 5.82 Å². The Morgan fingerprint density at radius 1 is 1.21 bits per heavy atom. The normalized spacial score (nSPS) is 14.9. The van der Waals surface area contributed by atoms with Crippen molar-refractivity contribution in [1.29, 1.82) is 0 Å². The van der Waals surface area contributed by atoms with Crippen molar-refractivity contribution >= 4 is 50.7 Å². The number of halogens is 3. The molecule has 1 aliphatic heterocycles. The molecule has 4 rings (SSSR count). The van der Waals surface area contributed by atoms with Gasteiger partial charge >= 0.3 is 0 Å². The van der Waals surface area contributed by atoms with Crippen molar-refractivity contribution in [3.05, 3.63) is 52.3 Å². The van der Waals surface area contributed by atoms with E-state index in [2.05, 4.69) is 4.98 Å². The van der Waals surface area contributed by atoms with Gasteiger partial charge in [-0.15, -0.1) is 0 Å². The summed E-state index contributed by atoms with van der Waals surface area (Å²) in [6.07, 6.45) is 1.35. The minimum Gasteiger partial charge on any atom is -0.482 e. The number of nitrogens with zero attached hydrogens (tertiary/aromatic N) is 2. The quantitative estimate of drug-likeness (QED) is 0.532. The van der Waals surface area contributed by atoms with Crippen LogP contribution in [0.5, 0.6) is 10.9 Å². The molecule has 0 radical (unpaired) electrons. The lowest BCUT2D eigenvalue weighted by molar-refractivity contribution is -0.135. The summed E-state index contributed by atoms with van der Waals surface area (Å²) >= 11 is 13.2. The Bertz CT molecular complexity index is 1040. The number of hydrogen-bond donors (Lipinski definition) is 0. The molecule has 1 aliphatic rings. The molecule has 0 spiro atoms. The van der Waals surface area contributed by atoms with Crippen LogP contribution in [0.25, 0.3) is 10.2 Å². The molecule has 0 atom stereocenters. The molecule has 1 fully saturated rings. The third-order valence-corrected chi connectivity index (χ3v) is 6.08. The predicted molar refractivity (Wildman–Crippen MR) is 112 cm³/mol. The minimum atomic E-state index is -0.290. The molecule has 1 amide bonds. The minimum absolute atomic E-state index is 0.0314. The SMILES string of the molecule is O=C(COc1ccc(Cl)cc1Cl)N1CCC(Oc2nc3ccc(F)cc3s2)CC1. The van der Waals surface area contributed by atoms with Gasteiger partial charge in [-0.3, -0.25) is 4.79 Å². The van der Waals surface area contributed by atoms with Crippen molar-refractivity contribution in [2.45, 2.75) is 18.9 Å². The van der Waals surface area contributed by atoms with Crippen LogP contribution >= 0.6 is 34.5 Å². The molecule has 152 valence electrons. The number of carbonyl (C=O) groups excluding carboxylic acids is 1. The van der Waals surface area contributed by atoms with E-state index in [4.69, 9.17) is 32.7 Å². The molecule has 5 nitrogen and oxygen atoms in total.